The van der Waals surface area contributed by atoms with Crippen LogP contribution in [-0.2, 0) is 16.0 Å². The van der Waals surface area contributed by atoms with Crippen molar-refractivity contribution in [3.8, 4) is 0 Å². The monoisotopic (exact) mass is 284 g/mol. The molecule has 0 aliphatic carbocycles. The highest BCUT2D eigenvalue weighted by atomic mass is 79.9. The van der Waals surface area contributed by atoms with Crippen molar-refractivity contribution < 1.29 is 9.59 Å². The summed E-state index contributed by atoms with van der Waals surface area (Å²) in [6, 6.07) is 7.01. The summed E-state index contributed by atoms with van der Waals surface area (Å²) in [4.78, 5) is 21.8. The SMILES string of the molecule is CC(Br)C(=O)Nc1ccc(CC(N)=O)cc1. The minimum Gasteiger partial charge on any atom is -0.369 e. The van der Waals surface area contributed by atoms with Crippen LogP contribution in [0.1, 0.15) is 12.5 Å². The number of carbonyl (C=O) groups is 2. The zero-order valence-electron chi connectivity index (χ0n) is 8.87. The second-order valence-electron chi connectivity index (χ2n) is 3.45. The van der Waals surface area contributed by atoms with Crippen LogP contribution in [0.4, 0.5) is 5.69 Å². The third-order valence-corrected chi connectivity index (χ3v) is 2.38. The maximum absolute atomic E-state index is 11.3. The van der Waals surface area contributed by atoms with Gasteiger partial charge in [0.05, 0.1) is 11.2 Å². The predicted octanol–water partition coefficient (Wildman–Crippen LogP) is 1.44. The molecule has 0 aliphatic heterocycles. The smallest absolute Gasteiger partial charge is 0.237 e. The molecule has 16 heavy (non-hydrogen) atoms. The summed E-state index contributed by atoms with van der Waals surface area (Å²) in [6.07, 6.45) is 0.211. The fourth-order valence-corrected chi connectivity index (χ4v) is 1.26. The zero-order chi connectivity index (χ0) is 12.1. The van der Waals surface area contributed by atoms with Crippen molar-refractivity contribution in [1.29, 1.82) is 0 Å². The third kappa shape index (κ3) is 4.02. The Hall–Kier alpha value is -1.36. The molecule has 0 saturated carbocycles. The highest BCUT2D eigenvalue weighted by Gasteiger charge is 2.08. The highest BCUT2D eigenvalue weighted by molar-refractivity contribution is 9.10. The van der Waals surface area contributed by atoms with Gasteiger partial charge >= 0.3 is 0 Å². The third-order valence-electron chi connectivity index (χ3n) is 1.96. The molecule has 0 saturated heterocycles. The molecule has 1 aromatic carbocycles. The quantitative estimate of drug-likeness (QED) is 0.821. The zero-order valence-corrected chi connectivity index (χ0v) is 10.5. The molecule has 2 amide bonds. The van der Waals surface area contributed by atoms with E-state index in [0.29, 0.717) is 5.69 Å². The lowest BCUT2D eigenvalue weighted by Gasteiger charge is -2.07. The number of hydrogen-bond donors (Lipinski definition) is 2. The van der Waals surface area contributed by atoms with E-state index in [0.717, 1.165) is 5.56 Å². The summed E-state index contributed by atoms with van der Waals surface area (Å²) in [6.45, 7) is 1.75. The van der Waals surface area contributed by atoms with E-state index in [1.165, 1.54) is 0 Å². The lowest BCUT2D eigenvalue weighted by Crippen LogP contribution is -2.19. The Morgan fingerprint density at radius 1 is 1.38 bits per heavy atom. The second-order valence-corrected chi connectivity index (χ2v) is 4.82. The van der Waals surface area contributed by atoms with Crippen LogP contribution >= 0.6 is 15.9 Å². The van der Waals surface area contributed by atoms with Gasteiger partial charge in [0.1, 0.15) is 0 Å². The fourth-order valence-electron chi connectivity index (χ4n) is 1.15. The van der Waals surface area contributed by atoms with Gasteiger partial charge < -0.3 is 11.1 Å². The number of primary amides is 1. The molecule has 4 nitrogen and oxygen atoms in total. The Bertz CT molecular complexity index is 387. The van der Waals surface area contributed by atoms with Crippen LogP contribution in [0.15, 0.2) is 24.3 Å². The van der Waals surface area contributed by atoms with Crippen molar-refractivity contribution in [3.63, 3.8) is 0 Å². The highest BCUT2D eigenvalue weighted by Crippen LogP contribution is 2.11. The Balaban J connectivity index is 2.64. The summed E-state index contributed by atoms with van der Waals surface area (Å²) >= 11 is 3.17. The Labute approximate surface area is 102 Å². The van der Waals surface area contributed by atoms with E-state index in [1.54, 1.807) is 31.2 Å². The van der Waals surface area contributed by atoms with Crippen LogP contribution in [-0.4, -0.2) is 16.6 Å². The Morgan fingerprint density at radius 3 is 2.38 bits per heavy atom. The lowest BCUT2D eigenvalue weighted by molar-refractivity contribution is -0.117. The van der Waals surface area contributed by atoms with Gasteiger partial charge in [0.2, 0.25) is 11.8 Å². The van der Waals surface area contributed by atoms with Crippen molar-refractivity contribution in [1.82, 2.24) is 0 Å². The summed E-state index contributed by atoms with van der Waals surface area (Å²) in [5.74, 6) is -0.478. The van der Waals surface area contributed by atoms with E-state index in [4.69, 9.17) is 5.73 Å². The molecule has 0 heterocycles. The molecular weight excluding hydrogens is 272 g/mol. The summed E-state index contributed by atoms with van der Waals surface area (Å²) in [7, 11) is 0. The van der Waals surface area contributed by atoms with E-state index in [2.05, 4.69) is 21.2 Å². The largest absolute Gasteiger partial charge is 0.369 e. The number of amides is 2. The summed E-state index contributed by atoms with van der Waals surface area (Å²) in [5.41, 5.74) is 6.60. The van der Waals surface area contributed by atoms with Crippen molar-refractivity contribution >= 4 is 33.4 Å². The number of carbonyl (C=O) groups excluding carboxylic acids is 2. The Morgan fingerprint density at radius 2 is 1.94 bits per heavy atom. The maximum Gasteiger partial charge on any atom is 0.237 e. The van der Waals surface area contributed by atoms with Gasteiger partial charge in [0.25, 0.3) is 0 Å². The normalized spacial score (nSPS) is 11.9. The molecule has 0 aromatic heterocycles. The first-order valence-electron chi connectivity index (χ1n) is 4.81. The number of nitrogens with two attached hydrogens (primary N) is 1. The topological polar surface area (TPSA) is 72.2 Å². The van der Waals surface area contributed by atoms with Crippen LogP contribution in [0.5, 0.6) is 0 Å². The molecule has 0 bridgehead atoms. The van der Waals surface area contributed by atoms with E-state index >= 15 is 0 Å². The average molecular weight is 285 g/mol. The molecule has 0 spiro atoms. The molecular formula is C11H13BrN2O2. The first-order chi connectivity index (χ1) is 7.49. The molecule has 1 unspecified atom stereocenters. The predicted molar refractivity (Wildman–Crippen MR) is 66.4 cm³/mol. The number of rotatable bonds is 4. The number of hydrogen-bond acceptors (Lipinski definition) is 2. The molecule has 1 aromatic rings. The molecule has 1 rings (SSSR count). The van der Waals surface area contributed by atoms with Crippen molar-refractivity contribution in [2.24, 2.45) is 5.73 Å². The van der Waals surface area contributed by atoms with Gasteiger partial charge in [-0.1, -0.05) is 28.1 Å². The summed E-state index contributed by atoms with van der Waals surface area (Å²) < 4.78 is 0. The lowest BCUT2D eigenvalue weighted by atomic mass is 10.1. The van der Waals surface area contributed by atoms with Gasteiger partial charge in [-0.05, 0) is 24.6 Å². The first kappa shape index (κ1) is 12.7. The van der Waals surface area contributed by atoms with Crippen LogP contribution < -0.4 is 11.1 Å². The Kier molecular flexibility index (Phi) is 4.49. The van der Waals surface area contributed by atoms with Crippen LogP contribution in [0, 0.1) is 0 Å². The molecule has 5 heteroatoms. The number of halogens is 1. The van der Waals surface area contributed by atoms with Gasteiger partial charge in [-0.25, -0.2) is 0 Å². The van der Waals surface area contributed by atoms with Gasteiger partial charge in [-0.15, -0.1) is 0 Å². The number of anilines is 1. The first-order valence-corrected chi connectivity index (χ1v) is 5.73. The van der Waals surface area contributed by atoms with E-state index in [9.17, 15) is 9.59 Å². The average Bonchev–Trinajstić information content (AvgIpc) is 2.20. The second kappa shape index (κ2) is 5.65. The van der Waals surface area contributed by atoms with Gasteiger partial charge in [0.15, 0.2) is 0 Å². The number of nitrogens with one attached hydrogen (secondary N) is 1. The molecule has 3 N–H and O–H groups in total. The number of benzene rings is 1. The maximum atomic E-state index is 11.3. The van der Waals surface area contributed by atoms with E-state index < -0.39 is 0 Å². The molecule has 86 valence electrons. The van der Waals surface area contributed by atoms with Crippen LogP contribution in [0.3, 0.4) is 0 Å². The van der Waals surface area contributed by atoms with Gasteiger partial charge in [0, 0.05) is 5.69 Å². The van der Waals surface area contributed by atoms with E-state index in [1.807, 2.05) is 0 Å². The van der Waals surface area contributed by atoms with Crippen LogP contribution in [0.25, 0.3) is 0 Å². The standard InChI is InChI=1S/C11H13BrN2O2/c1-7(12)11(16)14-9-4-2-8(3-5-9)6-10(13)15/h2-5,7H,6H2,1H3,(H2,13,15)(H,14,16). The molecule has 1 atom stereocenters. The molecule has 0 fully saturated rings. The van der Waals surface area contributed by atoms with Crippen molar-refractivity contribution in [2.45, 2.75) is 18.2 Å². The minimum absolute atomic E-state index is 0.109. The molecule has 0 radical (unpaired) electrons. The number of alkyl halides is 1. The van der Waals surface area contributed by atoms with Gasteiger partial charge in [-0.2, -0.15) is 0 Å². The molecule has 0 aliphatic rings. The minimum atomic E-state index is -0.370. The summed E-state index contributed by atoms with van der Waals surface area (Å²) in [5, 5.41) is 2.72. The van der Waals surface area contributed by atoms with Crippen molar-refractivity contribution in [3.05, 3.63) is 29.8 Å². The van der Waals surface area contributed by atoms with Crippen LogP contribution in [0.2, 0.25) is 0 Å². The van der Waals surface area contributed by atoms with Crippen molar-refractivity contribution in [2.75, 3.05) is 5.32 Å². The fraction of sp³-hybridized carbons (Fsp3) is 0.273. The van der Waals surface area contributed by atoms with Gasteiger partial charge in [-0.3, -0.25) is 9.59 Å². The van der Waals surface area contributed by atoms with E-state index in [-0.39, 0.29) is 23.1 Å².